The van der Waals surface area contributed by atoms with Crippen molar-refractivity contribution in [3.8, 4) is 5.75 Å². The van der Waals surface area contributed by atoms with Gasteiger partial charge in [0.25, 0.3) is 0 Å². The van der Waals surface area contributed by atoms with Gasteiger partial charge in [0, 0.05) is 18.9 Å². The van der Waals surface area contributed by atoms with E-state index >= 15 is 0 Å². The molecule has 0 spiro atoms. The molecule has 20 heavy (non-hydrogen) atoms. The Bertz CT molecular complexity index is 328. The SMILES string of the molecule is CCCCOCN(COCCCC)c1ccc(O)cc1. The predicted octanol–water partition coefficient (Wildman–Crippen LogP) is 3.75. The van der Waals surface area contributed by atoms with Gasteiger partial charge < -0.3 is 19.5 Å². The van der Waals surface area contributed by atoms with Crippen molar-refractivity contribution in [3.05, 3.63) is 24.3 Å². The third-order valence-electron chi connectivity index (χ3n) is 2.99. The molecule has 0 fully saturated rings. The first kappa shape index (κ1) is 16.8. The molecule has 0 saturated heterocycles. The monoisotopic (exact) mass is 281 g/mol. The fraction of sp³-hybridized carbons (Fsp3) is 0.625. The fourth-order valence-electron chi connectivity index (χ4n) is 1.69. The highest BCUT2D eigenvalue weighted by Gasteiger charge is 2.06. The zero-order valence-electron chi connectivity index (χ0n) is 12.7. The van der Waals surface area contributed by atoms with E-state index in [-0.39, 0.29) is 5.75 Å². The van der Waals surface area contributed by atoms with Crippen LogP contribution < -0.4 is 4.90 Å². The number of nitrogens with zero attached hydrogens (tertiary/aromatic N) is 1. The second kappa shape index (κ2) is 10.5. The van der Waals surface area contributed by atoms with E-state index in [1.54, 1.807) is 12.1 Å². The van der Waals surface area contributed by atoms with Gasteiger partial charge in [0.05, 0.1) is 0 Å². The number of rotatable bonds is 11. The lowest BCUT2D eigenvalue weighted by Crippen LogP contribution is -2.29. The highest BCUT2D eigenvalue weighted by Crippen LogP contribution is 2.18. The molecule has 0 saturated carbocycles. The lowest BCUT2D eigenvalue weighted by Gasteiger charge is -2.24. The van der Waals surface area contributed by atoms with E-state index in [2.05, 4.69) is 13.8 Å². The maximum absolute atomic E-state index is 9.35. The molecule has 114 valence electrons. The van der Waals surface area contributed by atoms with Crippen molar-refractivity contribution < 1.29 is 14.6 Å². The van der Waals surface area contributed by atoms with Crippen LogP contribution in [0, 0.1) is 0 Å². The Morgan fingerprint density at radius 1 is 0.900 bits per heavy atom. The molecule has 0 aliphatic heterocycles. The smallest absolute Gasteiger partial charge is 0.120 e. The molecular formula is C16H27NO3. The zero-order chi connectivity index (χ0) is 14.6. The van der Waals surface area contributed by atoms with E-state index in [4.69, 9.17) is 9.47 Å². The van der Waals surface area contributed by atoms with Crippen molar-refractivity contribution in [2.45, 2.75) is 39.5 Å². The van der Waals surface area contributed by atoms with Gasteiger partial charge in [-0.2, -0.15) is 0 Å². The number of phenols is 1. The number of hydrogen-bond acceptors (Lipinski definition) is 4. The highest BCUT2D eigenvalue weighted by atomic mass is 16.5. The number of anilines is 1. The lowest BCUT2D eigenvalue weighted by molar-refractivity contribution is 0.0825. The minimum Gasteiger partial charge on any atom is -0.508 e. The molecule has 0 bridgehead atoms. The summed E-state index contributed by atoms with van der Waals surface area (Å²) >= 11 is 0. The first-order chi connectivity index (χ1) is 9.77. The van der Waals surface area contributed by atoms with Gasteiger partial charge in [-0.05, 0) is 37.1 Å². The van der Waals surface area contributed by atoms with E-state index in [1.165, 1.54) is 0 Å². The van der Waals surface area contributed by atoms with Crippen molar-refractivity contribution in [2.24, 2.45) is 0 Å². The Kier molecular flexibility index (Phi) is 8.83. The number of unbranched alkanes of at least 4 members (excludes halogenated alkanes) is 2. The van der Waals surface area contributed by atoms with Crippen LogP contribution in [0.5, 0.6) is 5.75 Å². The molecule has 1 rings (SSSR count). The van der Waals surface area contributed by atoms with Crippen LogP contribution in [0.2, 0.25) is 0 Å². The van der Waals surface area contributed by atoms with Crippen molar-refractivity contribution in [2.75, 3.05) is 31.6 Å². The Labute approximate surface area is 122 Å². The number of hydrogen-bond donors (Lipinski definition) is 1. The summed E-state index contributed by atoms with van der Waals surface area (Å²) in [6.07, 6.45) is 4.40. The highest BCUT2D eigenvalue weighted by molar-refractivity contribution is 5.48. The van der Waals surface area contributed by atoms with Crippen molar-refractivity contribution in [1.29, 1.82) is 0 Å². The van der Waals surface area contributed by atoms with Crippen LogP contribution in [-0.2, 0) is 9.47 Å². The number of phenolic OH excluding ortho intramolecular Hbond substituents is 1. The van der Waals surface area contributed by atoms with Crippen LogP contribution in [0.4, 0.5) is 5.69 Å². The molecule has 1 aromatic rings. The molecule has 0 aliphatic rings. The third-order valence-corrected chi connectivity index (χ3v) is 2.99. The predicted molar refractivity (Wildman–Crippen MR) is 82.0 cm³/mol. The molecule has 1 aromatic carbocycles. The minimum atomic E-state index is 0.271. The summed E-state index contributed by atoms with van der Waals surface area (Å²) in [5.41, 5.74) is 0.996. The Morgan fingerprint density at radius 2 is 1.40 bits per heavy atom. The van der Waals surface area contributed by atoms with Crippen molar-refractivity contribution in [3.63, 3.8) is 0 Å². The van der Waals surface area contributed by atoms with Gasteiger partial charge in [-0.3, -0.25) is 0 Å². The van der Waals surface area contributed by atoms with Gasteiger partial charge in [-0.15, -0.1) is 0 Å². The molecule has 4 nitrogen and oxygen atoms in total. The second-order valence-electron chi connectivity index (χ2n) is 4.84. The minimum absolute atomic E-state index is 0.271. The number of aromatic hydroxyl groups is 1. The van der Waals surface area contributed by atoms with Crippen LogP contribution in [0.15, 0.2) is 24.3 Å². The van der Waals surface area contributed by atoms with Crippen LogP contribution in [-0.4, -0.2) is 31.8 Å². The average Bonchev–Trinajstić information content (AvgIpc) is 2.47. The molecule has 4 heteroatoms. The van der Waals surface area contributed by atoms with Gasteiger partial charge in [-0.1, -0.05) is 26.7 Å². The van der Waals surface area contributed by atoms with Crippen LogP contribution in [0.25, 0.3) is 0 Å². The summed E-state index contributed by atoms with van der Waals surface area (Å²) in [4.78, 5) is 2.03. The van der Waals surface area contributed by atoms with Gasteiger partial charge in [-0.25, -0.2) is 0 Å². The summed E-state index contributed by atoms with van der Waals surface area (Å²) in [6, 6.07) is 7.12. The van der Waals surface area contributed by atoms with Crippen LogP contribution in [0.3, 0.4) is 0 Å². The quantitative estimate of drug-likeness (QED) is 0.495. The van der Waals surface area contributed by atoms with E-state index in [1.807, 2.05) is 17.0 Å². The van der Waals surface area contributed by atoms with Crippen molar-refractivity contribution in [1.82, 2.24) is 0 Å². The maximum atomic E-state index is 9.35. The molecule has 0 radical (unpaired) electrons. The van der Waals surface area contributed by atoms with Gasteiger partial charge in [0.1, 0.15) is 19.2 Å². The van der Waals surface area contributed by atoms with Crippen molar-refractivity contribution >= 4 is 5.69 Å². The van der Waals surface area contributed by atoms with E-state index in [0.717, 1.165) is 44.6 Å². The van der Waals surface area contributed by atoms with Crippen LogP contribution in [0.1, 0.15) is 39.5 Å². The topological polar surface area (TPSA) is 41.9 Å². The Balaban J connectivity index is 2.47. The fourth-order valence-corrected chi connectivity index (χ4v) is 1.69. The molecule has 0 heterocycles. The number of benzene rings is 1. The standard InChI is InChI=1S/C16H27NO3/c1-3-5-11-19-13-17(14-20-12-6-4-2)15-7-9-16(18)10-8-15/h7-10,18H,3-6,11-14H2,1-2H3. The summed E-state index contributed by atoms with van der Waals surface area (Å²) in [5, 5.41) is 9.35. The zero-order valence-corrected chi connectivity index (χ0v) is 12.7. The molecule has 0 atom stereocenters. The molecule has 0 aliphatic carbocycles. The van der Waals surface area contributed by atoms with Crippen LogP contribution >= 0.6 is 0 Å². The first-order valence-electron chi connectivity index (χ1n) is 7.47. The van der Waals surface area contributed by atoms with E-state index < -0.39 is 0 Å². The molecule has 1 N–H and O–H groups in total. The Hall–Kier alpha value is -1.26. The molecular weight excluding hydrogens is 254 g/mol. The first-order valence-corrected chi connectivity index (χ1v) is 7.47. The summed E-state index contributed by atoms with van der Waals surface area (Å²) < 4.78 is 11.3. The molecule has 0 amide bonds. The summed E-state index contributed by atoms with van der Waals surface area (Å²) in [6.45, 7) is 6.85. The van der Waals surface area contributed by atoms with Gasteiger partial charge in [0.15, 0.2) is 0 Å². The van der Waals surface area contributed by atoms with E-state index in [9.17, 15) is 5.11 Å². The van der Waals surface area contributed by atoms with E-state index in [0.29, 0.717) is 13.5 Å². The lowest BCUT2D eigenvalue weighted by atomic mass is 10.3. The summed E-state index contributed by atoms with van der Waals surface area (Å²) in [5.74, 6) is 0.271. The second-order valence-corrected chi connectivity index (χ2v) is 4.84. The normalized spacial score (nSPS) is 10.7. The molecule has 0 aromatic heterocycles. The Morgan fingerprint density at radius 3 is 1.85 bits per heavy atom. The number of ether oxygens (including phenoxy) is 2. The largest absolute Gasteiger partial charge is 0.508 e. The third kappa shape index (κ3) is 6.78. The summed E-state index contributed by atoms with van der Waals surface area (Å²) in [7, 11) is 0. The van der Waals surface area contributed by atoms with Gasteiger partial charge in [0.2, 0.25) is 0 Å². The molecule has 0 unspecified atom stereocenters. The maximum Gasteiger partial charge on any atom is 0.120 e. The van der Waals surface area contributed by atoms with Gasteiger partial charge >= 0.3 is 0 Å². The average molecular weight is 281 g/mol.